The Labute approximate surface area is 222 Å². The van der Waals surface area contributed by atoms with Gasteiger partial charge in [-0.15, -0.1) is 0 Å². The van der Waals surface area contributed by atoms with Crippen LogP contribution < -0.4 is 5.32 Å². The maximum absolute atomic E-state index is 13.8. The number of rotatable bonds is 4. The molecule has 2 N–H and O–H groups in total. The van der Waals surface area contributed by atoms with Gasteiger partial charge in [-0.1, -0.05) is 41.6 Å². The molecule has 10 heteroatoms. The average molecular weight is 560 g/mol. The number of aliphatic hydroxyl groups is 1. The highest BCUT2D eigenvalue weighted by Gasteiger charge is 2.61. The molecule has 0 heterocycles. The van der Waals surface area contributed by atoms with Crippen molar-refractivity contribution in [2.24, 2.45) is 11.8 Å². The lowest BCUT2D eigenvalue weighted by atomic mass is 9.84. The molecule has 2 saturated carbocycles. The summed E-state index contributed by atoms with van der Waals surface area (Å²) in [6.07, 6.45) is 1.26. The Kier molecular flexibility index (Phi) is 6.76. The van der Waals surface area contributed by atoms with Gasteiger partial charge in [-0.25, -0.2) is 21.6 Å². The van der Waals surface area contributed by atoms with Crippen molar-refractivity contribution in [2.75, 3.05) is 5.32 Å². The number of sulfone groups is 1. The molecule has 2 aliphatic carbocycles. The topological polar surface area (TPSA) is 83.5 Å². The van der Waals surface area contributed by atoms with Crippen molar-refractivity contribution in [2.45, 2.75) is 35.0 Å². The number of nitrogens with one attached hydrogen (secondary N) is 1. The molecular formula is C28H21ClF3NO4S. The van der Waals surface area contributed by atoms with Crippen LogP contribution in [-0.2, 0) is 9.84 Å². The molecule has 0 spiro atoms. The molecule has 5 nitrogen and oxygen atoms in total. The number of anilines is 1. The van der Waals surface area contributed by atoms with E-state index in [4.69, 9.17) is 11.6 Å². The van der Waals surface area contributed by atoms with Gasteiger partial charge in [0.05, 0.1) is 15.2 Å². The summed E-state index contributed by atoms with van der Waals surface area (Å²) in [5.41, 5.74) is -1.27. The van der Waals surface area contributed by atoms with E-state index < -0.39 is 50.0 Å². The largest absolute Gasteiger partial charge is 0.377 e. The van der Waals surface area contributed by atoms with E-state index in [9.17, 15) is 31.5 Å². The van der Waals surface area contributed by atoms with Gasteiger partial charge in [-0.3, -0.25) is 4.79 Å². The van der Waals surface area contributed by atoms with Gasteiger partial charge in [0.2, 0.25) is 0 Å². The van der Waals surface area contributed by atoms with Gasteiger partial charge in [-0.2, -0.15) is 0 Å². The molecule has 0 saturated heterocycles. The molecular weight excluding hydrogens is 539 g/mol. The number of fused-ring (bicyclic) bond motifs is 2. The van der Waals surface area contributed by atoms with Crippen molar-refractivity contribution in [3.63, 3.8) is 0 Å². The Balaban J connectivity index is 1.43. The van der Waals surface area contributed by atoms with E-state index in [1.54, 1.807) is 12.1 Å². The minimum absolute atomic E-state index is 0.106. The zero-order valence-electron chi connectivity index (χ0n) is 19.7. The van der Waals surface area contributed by atoms with E-state index in [1.807, 2.05) is 18.2 Å². The standard InChI is InChI=1S/C28H21ClF3NO4S/c29-21-9-7-17(27(34)33-19-13-22(30)25(32)23(31)14-19)12-24(21)38(36,37)26-18-6-8-20(26)28(35,15-18)11-10-16-4-2-1-3-5-16/h1-5,7,9,12-14,18,20,26,35H,6,8,15H2,(H,33,34)/t18?,20?,26-,28+/m1/s1. The third-order valence-electron chi connectivity index (χ3n) is 7.19. The zero-order valence-corrected chi connectivity index (χ0v) is 21.3. The summed E-state index contributed by atoms with van der Waals surface area (Å²) in [4.78, 5) is 12.5. The smallest absolute Gasteiger partial charge is 0.255 e. The van der Waals surface area contributed by atoms with Crippen LogP contribution in [0.3, 0.4) is 0 Å². The van der Waals surface area contributed by atoms with Crippen molar-refractivity contribution in [3.05, 3.63) is 94.3 Å². The molecule has 38 heavy (non-hydrogen) atoms. The lowest BCUT2D eigenvalue weighted by molar-refractivity contribution is 0.0440. The number of halogens is 4. The first kappa shape index (κ1) is 26.3. The molecule has 2 unspecified atom stereocenters. The Hall–Kier alpha value is -3.32. The van der Waals surface area contributed by atoms with Crippen LogP contribution in [0.25, 0.3) is 0 Å². The second-order valence-electron chi connectivity index (χ2n) is 9.55. The molecule has 2 bridgehead atoms. The molecule has 3 aromatic rings. The molecule has 4 atom stereocenters. The Morgan fingerprint density at radius 1 is 1.03 bits per heavy atom. The third-order valence-corrected chi connectivity index (χ3v) is 10.0. The van der Waals surface area contributed by atoms with Gasteiger partial charge < -0.3 is 10.4 Å². The van der Waals surface area contributed by atoms with Crippen LogP contribution in [-0.4, -0.2) is 30.3 Å². The van der Waals surface area contributed by atoms with Crippen molar-refractivity contribution in [1.29, 1.82) is 0 Å². The van der Waals surface area contributed by atoms with E-state index in [0.717, 1.165) is 6.07 Å². The van der Waals surface area contributed by atoms with Gasteiger partial charge in [0, 0.05) is 34.9 Å². The van der Waals surface area contributed by atoms with Gasteiger partial charge in [-0.05, 0) is 55.5 Å². The maximum Gasteiger partial charge on any atom is 0.255 e. The summed E-state index contributed by atoms with van der Waals surface area (Å²) < 4.78 is 68.0. The SMILES string of the molecule is O=C(Nc1cc(F)c(F)c(F)c1)c1ccc(Cl)c(S(=O)(=O)[C@@H]2C3CCC2[C@](O)(C#Cc2ccccc2)C3)c1. The summed E-state index contributed by atoms with van der Waals surface area (Å²) in [5.74, 6) is -0.675. The Bertz CT molecular complexity index is 1580. The van der Waals surface area contributed by atoms with E-state index in [1.165, 1.54) is 12.1 Å². The van der Waals surface area contributed by atoms with Crippen molar-refractivity contribution < 1.29 is 31.5 Å². The first-order valence-corrected chi connectivity index (χ1v) is 13.7. The predicted molar refractivity (Wildman–Crippen MR) is 136 cm³/mol. The molecule has 1 amide bonds. The minimum Gasteiger partial charge on any atom is -0.377 e. The molecule has 2 fully saturated rings. The number of hydrogen-bond donors (Lipinski definition) is 2. The van der Waals surface area contributed by atoms with Crippen molar-refractivity contribution >= 4 is 33.0 Å². The summed E-state index contributed by atoms with van der Waals surface area (Å²) in [5, 5.41) is 12.5. The van der Waals surface area contributed by atoms with Gasteiger partial charge in [0.25, 0.3) is 5.91 Å². The summed E-state index contributed by atoms with van der Waals surface area (Å²) in [7, 11) is -4.12. The van der Waals surface area contributed by atoms with Crippen LogP contribution in [0.1, 0.15) is 35.2 Å². The van der Waals surface area contributed by atoms with Crippen LogP contribution in [0.4, 0.5) is 18.9 Å². The highest BCUT2D eigenvalue weighted by atomic mass is 35.5. The normalized spacial score (nSPS) is 24.1. The first-order chi connectivity index (χ1) is 18.0. The van der Waals surface area contributed by atoms with Crippen LogP contribution in [0.15, 0.2) is 65.6 Å². The fourth-order valence-corrected chi connectivity index (χ4v) is 8.38. The molecule has 0 radical (unpaired) electrons. The quantitative estimate of drug-likeness (QED) is 0.333. The van der Waals surface area contributed by atoms with Crippen LogP contribution in [0, 0.1) is 41.1 Å². The van der Waals surface area contributed by atoms with Gasteiger partial charge in [0.1, 0.15) is 5.60 Å². The summed E-state index contributed by atoms with van der Waals surface area (Å²) >= 11 is 6.27. The average Bonchev–Trinajstić information content (AvgIpc) is 3.43. The van der Waals surface area contributed by atoms with Crippen molar-refractivity contribution in [1.82, 2.24) is 0 Å². The molecule has 5 rings (SSSR count). The van der Waals surface area contributed by atoms with E-state index >= 15 is 0 Å². The lowest BCUT2D eigenvalue weighted by Crippen LogP contribution is -2.37. The van der Waals surface area contributed by atoms with E-state index in [0.29, 0.717) is 30.5 Å². The first-order valence-electron chi connectivity index (χ1n) is 11.8. The molecule has 0 aliphatic heterocycles. The molecule has 2 aliphatic rings. The van der Waals surface area contributed by atoms with Crippen molar-refractivity contribution in [3.8, 4) is 11.8 Å². The second-order valence-corrected chi connectivity index (χ2v) is 12.0. The van der Waals surface area contributed by atoms with E-state index in [2.05, 4.69) is 17.2 Å². The fraction of sp³-hybridized carbons (Fsp3) is 0.250. The fourth-order valence-electron chi connectivity index (χ4n) is 5.49. The Morgan fingerprint density at radius 2 is 1.71 bits per heavy atom. The highest BCUT2D eigenvalue weighted by Crippen LogP contribution is 2.55. The molecule has 0 aromatic heterocycles. The zero-order chi connectivity index (χ0) is 27.2. The number of carbonyl (C=O) groups is 1. The van der Waals surface area contributed by atoms with E-state index in [-0.39, 0.29) is 33.5 Å². The van der Waals surface area contributed by atoms with Crippen LogP contribution in [0.2, 0.25) is 5.02 Å². The Morgan fingerprint density at radius 3 is 2.39 bits per heavy atom. The summed E-state index contributed by atoms with van der Waals surface area (Å²) in [6.45, 7) is 0. The third kappa shape index (κ3) is 4.68. The van der Waals surface area contributed by atoms with Gasteiger partial charge >= 0.3 is 0 Å². The highest BCUT2D eigenvalue weighted by molar-refractivity contribution is 7.92. The van der Waals surface area contributed by atoms with Crippen LogP contribution >= 0.6 is 11.6 Å². The number of hydrogen-bond acceptors (Lipinski definition) is 4. The maximum atomic E-state index is 13.8. The molecule has 3 aromatic carbocycles. The summed E-state index contributed by atoms with van der Waals surface area (Å²) in [6, 6.07) is 13.9. The second kappa shape index (κ2) is 9.77. The number of carbonyl (C=O) groups excluding carboxylic acids is 1. The monoisotopic (exact) mass is 559 g/mol. The lowest BCUT2D eigenvalue weighted by Gasteiger charge is -2.27. The number of benzene rings is 3. The predicted octanol–water partition coefficient (Wildman–Crippen LogP) is 5.36. The molecule has 196 valence electrons. The van der Waals surface area contributed by atoms with Crippen LogP contribution in [0.5, 0.6) is 0 Å². The minimum atomic E-state index is -4.12. The number of amides is 1. The van der Waals surface area contributed by atoms with Gasteiger partial charge in [0.15, 0.2) is 27.3 Å².